The molecule has 4 N–H and O–H groups in total. The summed E-state index contributed by atoms with van der Waals surface area (Å²) >= 11 is 0. The Morgan fingerprint density at radius 3 is 1.67 bits per heavy atom. The van der Waals surface area contributed by atoms with Gasteiger partial charge in [0.1, 0.15) is 0 Å². The summed E-state index contributed by atoms with van der Waals surface area (Å²) < 4.78 is 0. The molecule has 0 aliphatic carbocycles. The predicted octanol–water partition coefficient (Wildman–Crippen LogP) is 0.360. The van der Waals surface area contributed by atoms with Gasteiger partial charge >= 0.3 is 0 Å². The first-order valence-corrected chi connectivity index (χ1v) is 2.86. The topological polar surface area (TPSA) is 69.1 Å². The van der Waals surface area contributed by atoms with Crippen LogP contribution in [0.15, 0.2) is 11.8 Å². The molecule has 0 saturated heterocycles. The largest absolute Gasteiger partial charge is 0.402 e. The molecule has 0 fully saturated rings. The first-order valence-electron chi connectivity index (χ1n) is 2.86. The van der Waals surface area contributed by atoms with Crippen LogP contribution in [0, 0.1) is 0 Å². The molecule has 0 atom stereocenters. The summed E-state index contributed by atoms with van der Waals surface area (Å²) in [6.45, 7) is 5.60. The molecule has 0 aliphatic heterocycles. The van der Waals surface area contributed by atoms with Gasteiger partial charge in [0, 0.05) is 11.8 Å². The highest BCUT2D eigenvalue weighted by molar-refractivity contribution is 5.86. The third-order valence-corrected chi connectivity index (χ3v) is 0.370. The van der Waals surface area contributed by atoms with Crippen molar-refractivity contribution in [1.82, 2.24) is 0 Å². The number of hydrogen-bond acceptors (Lipinski definition) is 2. The second kappa shape index (κ2) is 7.01. The Morgan fingerprint density at radius 1 is 1.33 bits per heavy atom. The van der Waals surface area contributed by atoms with Crippen molar-refractivity contribution in [2.24, 2.45) is 11.5 Å². The zero-order chi connectivity index (χ0) is 7.86. The lowest BCUT2D eigenvalue weighted by molar-refractivity contribution is -0.113. The van der Waals surface area contributed by atoms with Gasteiger partial charge in [-0.05, 0) is 6.92 Å². The number of carbonyl (C=O) groups is 1. The lowest BCUT2D eigenvalue weighted by Crippen LogP contribution is -2.08. The van der Waals surface area contributed by atoms with Crippen molar-refractivity contribution >= 4 is 5.91 Å². The summed E-state index contributed by atoms with van der Waals surface area (Å²) in [7, 11) is 0. The van der Waals surface area contributed by atoms with Crippen molar-refractivity contribution in [2.75, 3.05) is 0 Å². The van der Waals surface area contributed by atoms with Crippen LogP contribution in [0.2, 0.25) is 0 Å². The zero-order valence-corrected chi connectivity index (χ0v) is 6.14. The minimum atomic E-state index is -0.500. The minimum absolute atomic E-state index is 0.438. The average Bonchev–Trinajstić information content (AvgIpc) is 1.68. The highest BCUT2D eigenvalue weighted by Crippen LogP contribution is 1.74. The standard InChI is InChI=1S/C4H8N2O.C2H6/c1-3(5)2-4(6)7;1-2/h2H,5H2,1H3,(H2,6,7);1-2H3/b3-2-;. The second-order valence-electron chi connectivity index (χ2n) is 1.29. The highest BCUT2D eigenvalue weighted by atomic mass is 16.1. The molecule has 0 radical (unpaired) electrons. The van der Waals surface area contributed by atoms with Crippen LogP contribution >= 0.6 is 0 Å². The third kappa shape index (κ3) is 19.4. The molecule has 0 aliphatic rings. The summed E-state index contributed by atoms with van der Waals surface area (Å²) in [4.78, 5) is 9.88. The van der Waals surface area contributed by atoms with Crippen LogP contribution in [-0.2, 0) is 4.79 Å². The minimum Gasteiger partial charge on any atom is -0.402 e. The van der Waals surface area contributed by atoms with E-state index in [1.54, 1.807) is 6.92 Å². The molecule has 0 saturated carbocycles. The maximum atomic E-state index is 9.88. The first kappa shape index (κ1) is 10.9. The Morgan fingerprint density at radius 2 is 1.67 bits per heavy atom. The van der Waals surface area contributed by atoms with Crippen molar-refractivity contribution in [3.8, 4) is 0 Å². The van der Waals surface area contributed by atoms with Gasteiger partial charge in [-0.25, -0.2) is 0 Å². The number of nitrogens with two attached hydrogens (primary N) is 2. The smallest absolute Gasteiger partial charge is 0.243 e. The molecular weight excluding hydrogens is 116 g/mol. The van der Waals surface area contributed by atoms with E-state index in [0.29, 0.717) is 5.70 Å². The van der Waals surface area contributed by atoms with E-state index < -0.39 is 5.91 Å². The molecule has 0 rings (SSSR count). The Kier molecular flexibility index (Phi) is 8.49. The molecule has 0 unspecified atom stereocenters. The van der Waals surface area contributed by atoms with Crippen LogP contribution < -0.4 is 11.5 Å². The molecule has 9 heavy (non-hydrogen) atoms. The number of rotatable bonds is 1. The normalized spacial score (nSPS) is 9.44. The fourth-order valence-electron chi connectivity index (χ4n) is 0.224. The van der Waals surface area contributed by atoms with Crippen LogP contribution in [0.25, 0.3) is 0 Å². The Hall–Kier alpha value is -0.990. The van der Waals surface area contributed by atoms with Crippen molar-refractivity contribution in [3.05, 3.63) is 11.8 Å². The summed E-state index contributed by atoms with van der Waals surface area (Å²) in [5.41, 5.74) is 10.2. The molecule has 1 amide bonds. The molecule has 3 nitrogen and oxygen atoms in total. The fourth-order valence-corrected chi connectivity index (χ4v) is 0.224. The summed E-state index contributed by atoms with van der Waals surface area (Å²) in [5, 5.41) is 0. The summed E-state index contributed by atoms with van der Waals surface area (Å²) in [6.07, 6.45) is 1.17. The average molecular weight is 130 g/mol. The lowest BCUT2D eigenvalue weighted by atomic mass is 10.4. The Balaban J connectivity index is 0. The first-order chi connectivity index (χ1) is 4.13. The van der Waals surface area contributed by atoms with Crippen molar-refractivity contribution in [1.29, 1.82) is 0 Å². The molecule has 0 aromatic heterocycles. The highest BCUT2D eigenvalue weighted by Gasteiger charge is 1.81. The van der Waals surface area contributed by atoms with E-state index in [1.165, 1.54) is 6.08 Å². The van der Waals surface area contributed by atoms with Crippen molar-refractivity contribution in [2.45, 2.75) is 20.8 Å². The van der Waals surface area contributed by atoms with Crippen LogP contribution in [0.1, 0.15) is 20.8 Å². The van der Waals surface area contributed by atoms with Crippen LogP contribution in [-0.4, -0.2) is 5.91 Å². The van der Waals surface area contributed by atoms with Gasteiger partial charge in [0.05, 0.1) is 0 Å². The number of hydrogen-bond donors (Lipinski definition) is 2. The molecular formula is C6H14N2O. The molecule has 0 bridgehead atoms. The van der Waals surface area contributed by atoms with E-state index >= 15 is 0 Å². The number of amides is 1. The van der Waals surface area contributed by atoms with Crippen LogP contribution in [0.5, 0.6) is 0 Å². The Bertz CT molecular complexity index is 104. The van der Waals surface area contributed by atoms with Crippen molar-refractivity contribution in [3.63, 3.8) is 0 Å². The van der Waals surface area contributed by atoms with Gasteiger partial charge in [-0.3, -0.25) is 4.79 Å². The lowest BCUT2D eigenvalue weighted by Gasteiger charge is -1.82. The van der Waals surface area contributed by atoms with Crippen LogP contribution in [0.4, 0.5) is 0 Å². The quantitative estimate of drug-likeness (QED) is 0.503. The van der Waals surface area contributed by atoms with Gasteiger partial charge in [-0.1, -0.05) is 13.8 Å². The van der Waals surface area contributed by atoms with Gasteiger partial charge in [0.15, 0.2) is 0 Å². The van der Waals surface area contributed by atoms with E-state index in [4.69, 9.17) is 11.5 Å². The molecule has 0 spiro atoms. The van der Waals surface area contributed by atoms with Gasteiger partial charge in [-0.2, -0.15) is 0 Å². The molecule has 0 heterocycles. The number of primary amides is 1. The maximum absolute atomic E-state index is 9.88. The van der Waals surface area contributed by atoms with E-state index in [-0.39, 0.29) is 0 Å². The van der Waals surface area contributed by atoms with Gasteiger partial charge in [-0.15, -0.1) is 0 Å². The second-order valence-corrected chi connectivity index (χ2v) is 1.29. The molecule has 0 aromatic rings. The molecule has 3 heteroatoms. The number of allylic oxidation sites excluding steroid dienone is 1. The van der Waals surface area contributed by atoms with E-state index in [0.717, 1.165) is 0 Å². The van der Waals surface area contributed by atoms with Crippen LogP contribution in [0.3, 0.4) is 0 Å². The van der Waals surface area contributed by atoms with Gasteiger partial charge in [0.25, 0.3) is 0 Å². The predicted molar refractivity (Wildman–Crippen MR) is 38.5 cm³/mol. The van der Waals surface area contributed by atoms with Gasteiger partial charge < -0.3 is 11.5 Å². The fraction of sp³-hybridized carbons (Fsp3) is 0.500. The summed E-state index contributed by atoms with van der Waals surface area (Å²) in [6, 6.07) is 0. The summed E-state index contributed by atoms with van der Waals surface area (Å²) in [5.74, 6) is -0.500. The maximum Gasteiger partial charge on any atom is 0.243 e. The SMILES string of the molecule is C/C(N)=C/C(N)=O.CC. The van der Waals surface area contributed by atoms with E-state index in [9.17, 15) is 4.79 Å². The number of carbonyl (C=O) groups excluding carboxylic acids is 1. The zero-order valence-electron chi connectivity index (χ0n) is 6.14. The van der Waals surface area contributed by atoms with Crippen molar-refractivity contribution < 1.29 is 4.79 Å². The monoisotopic (exact) mass is 130 g/mol. The molecule has 54 valence electrons. The Labute approximate surface area is 55.7 Å². The van der Waals surface area contributed by atoms with E-state index in [2.05, 4.69) is 0 Å². The molecule has 0 aromatic carbocycles. The van der Waals surface area contributed by atoms with E-state index in [1.807, 2.05) is 13.8 Å². The third-order valence-electron chi connectivity index (χ3n) is 0.370. The van der Waals surface area contributed by atoms with Gasteiger partial charge in [0.2, 0.25) is 5.91 Å².